The Morgan fingerprint density at radius 3 is 2.30 bits per heavy atom. The van der Waals surface area contributed by atoms with Crippen LogP contribution in [0.15, 0.2) is 71.3 Å². The second-order valence-electron chi connectivity index (χ2n) is 5.00. The van der Waals surface area contributed by atoms with Crippen LogP contribution in [0.4, 0.5) is 5.69 Å². The predicted octanol–water partition coefficient (Wildman–Crippen LogP) is 4.85. The molecule has 0 atom stereocenters. The monoisotopic (exact) mass is 370 g/mol. The van der Waals surface area contributed by atoms with E-state index in [9.17, 15) is 4.79 Å². The average Bonchev–Trinajstić information content (AvgIpc) is 3.02. The fourth-order valence-corrected chi connectivity index (χ4v) is 2.50. The molecular weight excluding hydrogens is 356 g/mol. The molecule has 4 nitrogen and oxygen atoms in total. The number of nitrogens with one attached hydrogen (secondary N) is 1. The molecule has 0 fully saturated rings. The van der Waals surface area contributed by atoms with Crippen LogP contribution in [0.1, 0.15) is 10.5 Å². The van der Waals surface area contributed by atoms with E-state index >= 15 is 0 Å². The van der Waals surface area contributed by atoms with Gasteiger partial charge in [-0.2, -0.15) is 0 Å². The Morgan fingerprint density at radius 2 is 1.70 bits per heavy atom. The molecule has 116 valence electrons. The number of benzene rings is 2. The second kappa shape index (κ2) is 6.71. The summed E-state index contributed by atoms with van der Waals surface area (Å²) in [6, 6.07) is 18.7. The van der Waals surface area contributed by atoms with Gasteiger partial charge in [0.25, 0.3) is 5.91 Å². The fraction of sp³-hybridized carbons (Fsp3) is 0.0556. The first-order valence-electron chi connectivity index (χ1n) is 7.08. The van der Waals surface area contributed by atoms with Gasteiger partial charge >= 0.3 is 0 Å². The minimum atomic E-state index is -0.104. The zero-order valence-electron chi connectivity index (χ0n) is 12.5. The summed E-state index contributed by atoms with van der Waals surface area (Å²) in [6.45, 7) is 0. The molecule has 5 heteroatoms. The van der Waals surface area contributed by atoms with Gasteiger partial charge < -0.3 is 14.6 Å². The highest BCUT2D eigenvalue weighted by Crippen LogP contribution is 2.24. The maximum atomic E-state index is 12.4. The van der Waals surface area contributed by atoms with Crippen molar-refractivity contribution in [3.05, 3.63) is 77.0 Å². The van der Waals surface area contributed by atoms with Gasteiger partial charge in [0.05, 0.1) is 0 Å². The SMILES string of the molecule is CN(C(=O)c1cc(Br)c[nH]1)c1ccc(Oc2ccccc2)cc1. The van der Waals surface area contributed by atoms with Gasteiger partial charge in [0.15, 0.2) is 0 Å². The van der Waals surface area contributed by atoms with E-state index in [1.54, 1.807) is 24.2 Å². The van der Waals surface area contributed by atoms with Crippen molar-refractivity contribution < 1.29 is 9.53 Å². The Kier molecular flexibility index (Phi) is 4.48. The molecule has 2 aromatic carbocycles. The minimum Gasteiger partial charge on any atom is -0.457 e. The van der Waals surface area contributed by atoms with Gasteiger partial charge in [0, 0.05) is 23.4 Å². The zero-order valence-corrected chi connectivity index (χ0v) is 14.1. The molecule has 0 spiro atoms. The van der Waals surface area contributed by atoms with E-state index in [1.807, 2.05) is 54.6 Å². The molecule has 1 N–H and O–H groups in total. The highest BCUT2D eigenvalue weighted by atomic mass is 79.9. The minimum absolute atomic E-state index is 0.104. The first-order chi connectivity index (χ1) is 11.1. The van der Waals surface area contributed by atoms with Crippen LogP contribution in [-0.2, 0) is 0 Å². The Bertz CT molecular complexity index is 797. The van der Waals surface area contributed by atoms with E-state index in [4.69, 9.17) is 4.74 Å². The molecule has 0 aliphatic heterocycles. The third-order valence-electron chi connectivity index (χ3n) is 3.39. The van der Waals surface area contributed by atoms with Crippen molar-refractivity contribution >= 4 is 27.5 Å². The lowest BCUT2D eigenvalue weighted by Crippen LogP contribution is -2.26. The van der Waals surface area contributed by atoms with Gasteiger partial charge in [0.1, 0.15) is 17.2 Å². The molecule has 0 aliphatic carbocycles. The molecule has 0 unspecified atom stereocenters. The summed E-state index contributed by atoms with van der Waals surface area (Å²) in [7, 11) is 1.74. The molecule has 0 radical (unpaired) electrons. The smallest absolute Gasteiger partial charge is 0.274 e. The quantitative estimate of drug-likeness (QED) is 0.713. The van der Waals surface area contributed by atoms with Crippen LogP contribution in [0.5, 0.6) is 11.5 Å². The van der Waals surface area contributed by atoms with E-state index in [0.29, 0.717) is 5.69 Å². The molecule has 0 bridgehead atoms. The molecule has 1 amide bonds. The lowest BCUT2D eigenvalue weighted by atomic mass is 10.2. The van der Waals surface area contributed by atoms with Gasteiger partial charge in [-0.25, -0.2) is 0 Å². The number of carbonyl (C=O) groups is 1. The Labute approximate surface area is 142 Å². The Hall–Kier alpha value is -2.53. The van der Waals surface area contributed by atoms with Gasteiger partial charge in [-0.3, -0.25) is 4.79 Å². The van der Waals surface area contributed by atoms with Crippen LogP contribution < -0.4 is 9.64 Å². The number of amides is 1. The molecule has 1 heterocycles. The van der Waals surface area contributed by atoms with Crippen molar-refractivity contribution in [3.63, 3.8) is 0 Å². The number of aromatic nitrogens is 1. The van der Waals surface area contributed by atoms with Crippen molar-refractivity contribution in [1.29, 1.82) is 0 Å². The topological polar surface area (TPSA) is 45.3 Å². The third-order valence-corrected chi connectivity index (χ3v) is 3.84. The number of carbonyl (C=O) groups excluding carboxylic acids is 1. The Morgan fingerprint density at radius 1 is 1.04 bits per heavy atom. The van der Waals surface area contributed by atoms with Crippen LogP contribution in [0.2, 0.25) is 0 Å². The number of anilines is 1. The zero-order chi connectivity index (χ0) is 16.2. The number of para-hydroxylation sites is 1. The van der Waals surface area contributed by atoms with Crippen LogP contribution in [-0.4, -0.2) is 17.9 Å². The van der Waals surface area contributed by atoms with Crippen LogP contribution in [0, 0.1) is 0 Å². The van der Waals surface area contributed by atoms with Gasteiger partial charge in [-0.1, -0.05) is 18.2 Å². The normalized spacial score (nSPS) is 10.3. The number of ether oxygens (including phenoxy) is 1. The van der Waals surface area contributed by atoms with E-state index in [1.165, 1.54) is 0 Å². The summed E-state index contributed by atoms with van der Waals surface area (Å²) in [5.74, 6) is 1.40. The number of halogens is 1. The van der Waals surface area contributed by atoms with E-state index in [0.717, 1.165) is 21.7 Å². The molecule has 23 heavy (non-hydrogen) atoms. The molecule has 1 aromatic heterocycles. The first kappa shape index (κ1) is 15.4. The summed E-state index contributed by atoms with van der Waals surface area (Å²) < 4.78 is 6.59. The molecular formula is C18H15BrN2O2. The van der Waals surface area contributed by atoms with E-state index < -0.39 is 0 Å². The summed E-state index contributed by atoms with van der Waals surface area (Å²) in [5.41, 5.74) is 1.32. The molecule has 3 rings (SSSR count). The number of hydrogen-bond acceptors (Lipinski definition) is 2. The number of aromatic amines is 1. The van der Waals surface area contributed by atoms with Crippen molar-refractivity contribution in [2.24, 2.45) is 0 Å². The number of H-pyrrole nitrogens is 1. The summed E-state index contributed by atoms with van der Waals surface area (Å²) in [6.07, 6.45) is 1.73. The average molecular weight is 371 g/mol. The maximum Gasteiger partial charge on any atom is 0.274 e. The molecule has 0 saturated heterocycles. The highest BCUT2D eigenvalue weighted by molar-refractivity contribution is 9.10. The van der Waals surface area contributed by atoms with E-state index in [2.05, 4.69) is 20.9 Å². The molecule has 0 aliphatic rings. The van der Waals surface area contributed by atoms with Crippen molar-refractivity contribution in [3.8, 4) is 11.5 Å². The summed E-state index contributed by atoms with van der Waals surface area (Å²) >= 11 is 3.33. The maximum absolute atomic E-state index is 12.4. The largest absolute Gasteiger partial charge is 0.457 e. The van der Waals surface area contributed by atoms with Gasteiger partial charge in [-0.15, -0.1) is 0 Å². The predicted molar refractivity (Wildman–Crippen MR) is 94.2 cm³/mol. The van der Waals surface area contributed by atoms with E-state index in [-0.39, 0.29) is 5.91 Å². The lowest BCUT2D eigenvalue weighted by molar-refractivity contribution is 0.0989. The second-order valence-corrected chi connectivity index (χ2v) is 5.92. The van der Waals surface area contributed by atoms with Crippen molar-refractivity contribution in [2.45, 2.75) is 0 Å². The number of rotatable bonds is 4. The number of hydrogen-bond donors (Lipinski definition) is 1. The summed E-state index contributed by atoms with van der Waals surface area (Å²) in [5, 5.41) is 0. The van der Waals surface area contributed by atoms with Gasteiger partial charge in [-0.05, 0) is 58.4 Å². The highest BCUT2D eigenvalue weighted by Gasteiger charge is 2.15. The van der Waals surface area contributed by atoms with Gasteiger partial charge in [0.2, 0.25) is 0 Å². The summed E-state index contributed by atoms with van der Waals surface area (Å²) in [4.78, 5) is 16.9. The van der Waals surface area contributed by atoms with Crippen LogP contribution in [0.25, 0.3) is 0 Å². The third kappa shape index (κ3) is 3.63. The lowest BCUT2D eigenvalue weighted by Gasteiger charge is -2.17. The van der Waals surface area contributed by atoms with Crippen LogP contribution in [0.3, 0.4) is 0 Å². The number of nitrogens with zero attached hydrogens (tertiary/aromatic N) is 1. The molecule has 3 aromatic rings. The van der Waals surface area contributed by atoms with Crippen LogP contribution >= 0.6 is 15.9 Å². The standard InChI is InChI=1S/C18H15BrN2O2/c1-21(18(22)17-11-13(19)12-20-17)14-7-9-16(10-8-14)23-15-5-3-2-4-6-15/h2-12,20H,1H3. The Balaban J connectivity index is 1.72. The first-order valence-corrected chi connectivity index (χ1v) is 7.88. The van der Waals surface area contributed by atoms with Crippen molar-refractivity contribution in [1.82, 2.24) is 4.98 Å². The fourth-order valence-electron chi connectivity index (χ4n) is 2.15. The van der Waals surface area contributed by atoms with Crippen molar-refractivity contribution in [2.75, 3.05) is 11.9 Å². The molecule has 0 saturated carbocycles.